The van der Waals surface area contributed by atoms with Gasteiger partial charge in [0.25, 0.3) is 0 Å². The summed E-state index contributed by atoms with van der Waals surface area (Å²) in [5.41, 5.74) is 7.97. The summed E-state index contributed by atoms with van der Waals surface area (Å²) in [6.07, 6.45) is 0.998. The average Bonchev–Trinajstić information content (AvgIpc) is 2.47. The summed E-state index contributed by atoms with van der Waals surface area (Å²) in [5.74, 6) is 0.473. The third-order valence-corrected chi connectivity index (χ3v) is 3.02. The van der Waals surface area contributed by atoms with Gasteiger partial charge in [-0.3, -0.25) is 4.99 Å². The van der Waals surface area contributed by atoms with E-state index in [1.54, 1.807) is 0 Å². The monoisotopic (exact) mass is 262 g/mol. The molecule has 2 rings (SSSR count). The Morgan fingerprint density at radius 1 is 1.32 bits per heavy atom. The van der Waals surface area contributed by atoms with Gasteiger partial charge in [-0.1, -0.05) is 6.92 Å². The molecule has 1 fully saturated rings. The van der Waals surface area contributed by atoms with E-state index in [0.717, 1.165) is 45.0 Å². The Morgan fingerprint density at radius 3 is 2.63 bits per heavy atom. The first-order valence-electron chi connectivity index (χ1n) is 6.79. The van der Waals surface area contributed by atoms with Gasteiger partial charge in [-0.25, -0.2) is 0 Å². The number of guanidine groups is 1. The molecule has 19 heavy (non-hydrogen) atoms. The molecule has 0 bridgehead atoms. The Labute approximate surface area is 114 Å². The van der Waals surface area contributed by atoms with Crippen molar-refractivity contribution >= 4 is 17.3 Å². The minimum atomic E-state index is 0.473. The van der Waals surface area contributed by atoms with Crippen LogP contribution < -0.4 is 16.0 Å². The Kier molecular flexibility index (Phi) is 5.03. The van der Waals surface area contributed by atoms with Gasteiger partial charge in [-0.15, -0.1) is 0 Å². The lowest BCUT2D eigenvalue weighted by Gasteiger charge is -2.28. The Hall–Kier alpha value is -1.75. The van der Waals surface area contributed by atoms with Crippen LogP contribution in [0.1, 0.15) is 13.3 Å². The molecule has 0 saturated carbocycles. The number of hydrogen-bond acceptors (Lipinski definition) is 3. The van der Waals surface area contributed by atoms with E-state index in [0.29, 0.717) is 5.96 Å². The van der Waals surface area contributed by atoms with Gasteiger partial charge in [0, 0.05) is 31.0 Å². The van der Waals surface area contributed by atoms with Gasteiger partial charge in [-0.05, 0) is 30.7 Å². The average molecular weight is 262 g/mol. The fraction of sp³-hybridized carbons (Fsp3) is 0.500. The molecule has 1 saturated heterocycles. The largest absolute Gasteiger partial charge is 0.378 e. The van der Waals surface area contributed by atoms with Gasteiger partial charge < -0.3 is 20.7 Å². The maximum atomic E-state index is 5.78. The van der Waals surface area contributed by atoms with Gasteiger partial charge in [0.2, 0.25) is 0 Å². The Morgan fingerprint density at radius 2 is 2.00 bits per heavy atom. The smallest absolute Gasteiger partial charge is 0.193 e. The predicted octanol–water partition coefficient (Wildman–Crippen LogP) is 1.66. The van der Waals surface area contributed by atoms with Crippen molar-refractivity contribution in [1.29, 1.82) is 0 Å². The quantitative estimate of drug-likeness (QED) is 0.640. The van der Waals surface area contributed by atoms with E-state index >= 15 is 0 Å². The third kappa shape index (κ3) is 4.13. The maximum absolute atomic E-state index is 5.78. The lowest BCUT2D eigenvalue weighted by Crippen LogP contribution is -2.36. The summed E-state index contributed by atoms with van der Waals surface area (Å²) in [5, 5.41) is 3.09. The molecule has 1 aliphatic heterocycles. The number of aliphatic imine (C=N–C) groups is 1. The molecule has 0 radical (unpaired) electrons. The first-order valence-corrected chi connectivity index (χ1v) is 6.79. The van der Waals surface area contributed by atoms with E-state index < -0.39 is 0 Å². The minimum Gasteiger partial charge on any atom is -0.378 e. The second kappa shape index (κ2) is 6.99. The molecular weight excluding hydrogens is 240 g/mol. The van der Waals surface area contributed by atoms with Gasteiger partial charge in [0.05, 0.1) is 13.2 Å². The van der Waals surface area contributed by atoms with Crippen LogP contribution >= 0.6 is 0 Å². The van der Waals surface area contributed by atoms with Crippen molar-refractivity contribution in [3.63, 3.8) is 0 Å². The van der Waals surface area contributed by atoms with Crippen molar-refractivity contribution in [2.45, 2.75) is 13.3 Å². The van der Waals surface area contributed by atoms with Crippen molar-refractivity contribution in [2.24, 2.45) is 10.7 Å². The summed E-state index contributed by atoms with van der Waals surface area (Å²) in [4.78, 5) is 6.53. The molecule has 0 unspecified atom stereocenters. The van der Waals surface area contributed by atoms with E-state index in [1.165, 1.54) is 5.69 Å². The molecule has 0 aliphatic carbocycles. The van der Waals surface area contributed by atoms with E-state index in [1.807, 2.05) is 12.1 Å². The van der Waals surface area contributed by atoms with Gasteiger partial charge in [0.15, 0.2) is 5.96 Å². The van der Waals surface area contributed by atoms with Crippen molar-refractivity contribution < 1.29 is 4.74 Å². The van der Waals surface area contributed by atoms with E-state index in [4.69, 9.17) is 10.5 Å². The number of nitrogens with one attached hydrogen (secondary N) is 1. The third-order valence-electron chi connectivity index (χ3n) is 3.02. The lowest BCUT2D eigenvalue weighted by atomic mass is 10.2. The number of ether oxygens (including phenoxy) is 1. The fourth-order valence-corrected chi connectivity index (χ4v) is 2.00. The van der Waals surface area contributed by atoms with Gasteiger partial charge >= 0.3 is 0 Å². The molecule has 104 valence electrons. The van der Waals surface area contributed by atoms with Crippen molar-refractivity contribution in [3.05, 3.63) is 24.3 Å². The van der Waals surface area contributed by atoms with Gasteiger partial charge in [0.1, 0.15) is 0 Å². The summed E-state index contributed by atoms with van der Waals surface area (Å²) >= 11 is 0. The number of rotatable bonds is 4. The van der Waals surface area contributed by atoms with Crippen LogP contribution in [0.2, 0.25) is 0 Å². The molecule has 1 heterocycles. The van der Waals surface area contributed by atoms with Crippen molar-refractivity contribution in [1.82, 2.24) is 0 Å². The number of morpholine rings is 1. The number of nitrogens with zero attached hydrogens (tertiary/aromatic N) is 2. The number of nitrogens with two attached hydrogens (primary N) is 1. The summed E-state index contributed by atoms with van der Waals surface area (Å²) in [7, 11) is 0. The molecule has 0 spiro atoms. The maximum Gasteiger partial charge on any atom is 0.193 e. The molecule has 0 amide bonds. The zero-order chi connectivity index (χ0) is 13.5. The Bertz CT molecular complexity index is 410. The van der Waals surface area contributed by atoms with Crippen LogP contribution in [-0.2, 0) is 4.74 Å². The summed E-state index contributed by atoms with van der Waals surface area (Å²) in [6, 6.07) is 8.25. The first kappa shape index (κ1) is 13.7. The minimum absolute atomic E-state index is 0.473. The Balaban J connectivity index is 1.94. The van der Waals surface area contributed by atoms with Gasteiger partial charge in [-0.2, -0.15) is 0 Å². The van der Waals surface area contributed by atoms with Crippen LogP contribution in [0.5, 0.6) is 0 Å². The fourth-order valence-electron chi connectivity index (χ4n) is 2.00. The van der Waals surface area contributed by atoms with Crippen LogP contribution in [-0.4, -0.2) is 38.8 Å². The second-order valence-corrected chi connectivity index (χ2v) is 4.54. The highest BCUT2D eigenvalue weighted by molar-refractivity contribution is 5.92. The first-order chi connectivity index (χ1) is 9.29. The molecule has 5 heteroatoms. The number of hydrogen-bond donors (Lipinski definition) is 2. The molecule has 0 aromatic heterocycles. The summed E-state index contributed by atoms with van der Waals surface area (Å²) < 4.78 is 5.35. The van der Waals surface area contributed by atoms with E-state index in [2.05, 4.69) is 34.3 Å². The zero-order valence-electron chi connectivity index (χ0n) is 11.4. The predicted molar refractivity (Wildman–Crippen MR) is 79.9 cm³/mol. The molecule has 5 nitrogen and oxygen atoms in total. The summed E-state index contributed by atoms with van der Waals surface area (Å²) in [6.45, 7) is 6.34. The highest BCUT2D eigenvalue weighted by Gasteiger charge is 2.10. The molecular formula is C14H22N4O. The normalized spacial score (nSPS) is 16.5. The molecule has 1 aromatic carbocycles. The number of anilines is 2. The zero-order valence-corrected chi connectivity index (χ0v) is 11.4. The SMILES string of the molecule is CCCN=C(N)Nc1ccc(N2CCOCC2)cc1. The van der Waals surface area contributed by atoms with Crippen LogP contribution in [0.15, 0.2) is 29.3 Å². The van der Waals surface area contributed by atoms with E-state index in [9.17, 15) is 0 Å². The topological polar surface area (TPSA) is 62.9 Å². The standard InChI is InChI=1S/C14H22N4O/c1-2-7-16-14(15)17-12-3-5-13(6-4-12)18-8-10-19-11-9-18/h3-6H,2,7-11H2,1H3,(H3,15,16,17). The van der Waals surface area contributed by atoms with Crippen LogP contribution in [0.3, 0.4) is 0 Å². The van der Waals surface area contributed by atoms with Crippen LogP contribution in [0, 0.1) is 0 Å². The molecule has 3 N–H and O–H groups in total. The molecule has 0 atom stereocenters. The second-order valence-electron chi connectivity index (χ2n) is 4.54. The lowest BCUT2D eigenvalue weighted by molar-refractivity contribution is 0.122. The van der Waals surface area contributed by atoms with Crippen LogP contribution in [0.25, 0.3) is 0 Å². The molecule has 1 aromatic rings. The van der Waals surface area contributed by atoms with Crippen LogP contribution in [0.4, 0.5) is 11.4 Å². The van der Waals surface area contributed by atoms with Crippen molar-refractivity contribution in [2.75, 3.05) is 43.1 Å². The molecule has 1 aliphatic rings. The number of benzene rings is 1. The van der Waals surface area contributed by atoms with E-state index in [-0.39, 0.29) is 0 Å². The highest BCUT2D eigenvalue weighted by atomic mass is 16.5. The highest BCUT2D eigenvalue weighted by Crippen LogP contribution is 2.18. The van der Waals surface area contributed by atoms with Crippen molar-refractivity contribution in [3.8, 4) is 0 Å².